The minimum Gasteiger partial charge on any atom is -0.369 e. The summed E-state index contributed by atoms with van der Waals surface area (Å²) in [5.41, 5.74) is 2.39. The quantitative estimate of drug-likeness (QED) is 0.687. The van der Waals surface area contributed by atoms with Crippen molar-refractivity contribution in [3.8, 4) is 0 Å². The first-order valence-corrected chi connectivity index (χ1v) is 13.1. The van der Waals surface area contributed by atoms with E-state index >= 15 is 0 Å². The van der Waals surface area contributed by atoms with Crippen molar-refractivity contribution in [3.05, 3.63) is 54.1 Å². The molecule has 10 heteroatoms. The fraction of sp³-hybridized carbons (Fsp3) is 0.381. The molecule has 0 radical (unpaired) electrons. The molecule has 0 bridgehead atoms. The van der Waals surface area contributed by atoms with Gasteiger partial charge in [-0.05, 0) is 48.9 Å². The van der Waals surface area contributed by atoms with Crippen LogP contribution in [-0.4, -0.2) is 59.0 Å². The molecular weight excluding hydrogens is 438 g/mol. The van der Waals surface area contributed by atoms with Crippen LogP contribution in [0.1, 0.15) is 12.5 Å². The van der Waals surface area contributed by atoms with Gasteiger partial charge in [-0.3, -0.25) is 4.79 Å². The fourth-order valence-electron chi connectivity index (χ4n) is 4.00. The van der Waals surface area contributed by atoms with Gasteiger partial charge in [0.05, 0.1) is 22.3 Å². The molecular formula is C21H25N3O5S2. The zero-order chi connectivity index (χ0) is 22.4. The summed E-state index contributed by atoms with van der Waals surface area (Å²) in [6.45, 7) is 5.46. The van der Waals surface area contributed by atoms with Crippen molar-refractivity contribution < 1.29 is 21.6 Å². The number of aryl methyl sites for hydroxylation is 1. The smallest absolute Gasteiger partial charge is 0.244 e. The van der Waals surface area contributed by atoms with Gasteiger partial charge in [-0.15, -0.1) is 0 Å². The Balaban J connectivity index is 1.49. The van der Waals surface area contributed by atoms with Crippen molar-refractivity contribution in [2.45, 2.75) is 18.7 Å². The van der Waals surface area contributed by atoms with Gasteiger partial charge in [0.2, 0.25) is 26.0 Å². The van der Waals surface area contributed by atoms with Crippen molar-refractivity contribution in [3.63, 3.8) is 0 Å². The summed E-state index contributed by atoms with van der Waals surface area (Å²) in [4.78, 5) is 14.5. The summed E-state index contributed by atoms with van der Waals surface area (Å²) in [6.07, 6.45) is 0. The monoisotopic (exact) mass is 463 g/mol. The highest BCUT2D eigenvalue weighted by Crippen LogP contribution is 2.30. The van der Waals surface area contributed by atoms with Crippen LogP contribution >= 0.6 is 0 Å². The molecule has 2 aliphatic rings. The van der Waals surface area contributed by atoms with Crippen LogP contribution in [0, 0.1) is 12.8 Å². The maximum atomic E-state index is 13.1. The van der Waals surface area contributed by atoms with E-state index in [1.54, 1.807) is 6.92 Å². The van der Waals surface area contributed by atoms with E-state index in [-0.39, 0.29) is 16.3 Å². The lowest BCUT2D eigenvalue weighted by atomic mass is 10.2. The maximum absolute atomic E-state index is 13.1. The molecule has 2 fully saturated rings. The third kappa shape index (κ3) is 4.07. The zero-order valence-corrected chi connectivity index (χ0v) is 19.1. The molecule has 4 rings (SSSR count). The van der Waals surface area contributed by atoms with E-state index in [1.165, 1.54) is 28.6 Å². The van der Waals surface area contributed by atoms with Gasteiger partial charge in [-0.1, -0.05) is 19.1 Å². The number of hydrogen-bond donors (Lipinski definition) is 0. The van der Waals surface area contributed by atoms with Crippen molar-refractivity contribution in [1.29, 1.82) is 0 Å². The van der Waals surface area contributed by atoms with Crippen LogP contribution < -0.4 is 9.21 Å². The summed E-state index contributed by atoms with van der Waals surface area (Å²) < 4.78 is 52.9. The average molecular weight is 464 g/mol. The van der Waals surface area contributed by atoms with Gasteiger partial charge < -0.3 is 4.90 Å². The van der Waals surface area contributed by atoms with Crippen molar-refractivity contribution in [2.75, 3.05) is 41.1 Å². The third-order valence-corrected chi connectivity index (χ3v) is 9.46. The molecule has 166 valence electrons. The van der Waals surface area contributed by atoms with Gasteiger partial charge in [0, 0.05) is 31.9 Å². The topological polar surface area (TPSA) is 95.1 Å². The molecule has 1 atom stereocenters. The number of amides is 1. The Morgan fingerprint density at radius 3 is 2.13 bits per heavy atom. The van der Waals surface area contributed by atoms with E-state index in [4.69, 9.17) is 0 Å². The SMILES string of the molecule is Cc1cccc(N2CCN(S(=O)(=O)c3ccc(N4C(=O)C(C)CS4(=O)=O)cc3)CC2)c1. The highest BCUT2D eigenvalue weighted by Gasteiger charge is 2.42. The first-order valence-electron chi connectivity index (χ1n) is 10.1. The van der Waals surface area contributed by atoms with Gasteiger partial charge in [0.1, 0.15) is 0 Å². The Hall–Kier alpha value is -2.43. The van der Waals surface area contributed by atoms with E-state index in [0.29, 0.717) is 26.2 Å². The standard InChI is InChI=1S/C21H25N3O5S2/c1-16-4-3-5-19(14-16)22-10-12-23(13-11-22)31(28,29)20-8-6-18(7-9-20)24-21(25)17(2)15-30(24,26)27/h3-9,14,17H,10-13,15H2,1-2H3. The number of carbonyl (C=O) groups is 1. The van der Waals surface area contributed by atoms with E-state index in [1.807, 2.05) is 25.1 Å². The van der Waals surface area contributed by atoms with Crippen molar-refractivity contribution >= 4 is 37.3 Å². The van der Waals surface area contributed by atoms with Gasteiger partial charge in [0.25, 0.3) is 0 Å². The van der Waals surface area contributed by atoms with Gasteiger partial charge in [-0.25, -0.2) is 21.1 Å². The predicted molar refractivity (Wildman–Crippen MR) is 119 cm³/mol. The fourth-order valence-corrected chi connectivity index (χ4v) is 7.24. The number of carbonyl (C=O) groups excluding carboxylic acids is 1. The Kier molecular flexibility index (Phi) is 5.57. The number of benzene rings is 2. The molecule has 2 aromatic carbocycles. The summed E-state index contributed by atoms with van der Waals surface area (Å²) in [5.74, 6) is -1.35. The number of hydrogen-bond acceptors (Lipinski definition) is 6. The number of sulfonamides is 2. The Labute approximate surface area is 183 Å². The van der Waals surface area contributed by atoms with Gasteiger partial charge in [-0.2, -0.15) is 4.31 Å². The van der Waals surface area contributed by atoms with Crippen LogP contribution in [0.3, 0.4) is 0 Å². The van der Waals surface area contributed by atoms with Crippen molar-refractivity contribution in [2.24, 2.45) is 5.92 Å². The zero-order valence-electron chi connectivity index (χ0n) is 17.4. The second kappa shape index (κ2) is 7.92. The molecule has 1 amide bonds. The first-order chi connectivity index (χ1) is 14.6. The molecule has 0 aliphatic carbocycles. The summed E-state index contributed by atoms with van der Waals surface area (Å²) in [6, 6.07) is 13.6. The highest BCUT2D eigenvalue weighted by molar-refractivity contribution is 7.94. The van der Waals surface area contributed by atoms with Crippen LogP contribution in [-0.2, 0) is 24.8 Å². The van der Waals surface area contributed by atoms with E-state index in [0.717, 1.165) is 15.6 Å². The molecule has 0 saturated carbocycles. The largest absolute Gasteiger partial charge is 0.369 e. The van der Waals surface area contributed by atoms with Crippen LogP contribution in [0.2, 0.25) is 0 Å². The Morgan fingerprint density at radius 1 is 0.935 bits per heavy atom. The van der Waals surface area contributed by atoms with Gasteiger partial charge >= 0.3 is 0 Å². The van der Waals surface area contributed by atoms with E-state index in [9.17, 15) is 21.6 Å². The molecule has 1 unspecified atom stereocenters. The number of anilines is 2. The lowest BCUT2D eigenvalue weighted by Gasteiger charge is -2.35. The third-order valence-electron chi connectivity index (χ3n) is 5.67. The molecule has 2 aliphatic heterocycles. The Morgan fingerprint density at radius 2 is 1.58 bits per heavy atom. The second-order valence-corrected chi connectivity index (χ2v) is 11.8. The molecule has 2 aromatic rings. The van der Waals surface area contributed by atoms with Gasteiger partial charge in [0.15, 0.2) is 0 Å². The van der Waals surface area contributed by atoms with Crippen LogP contribution in [0.25, 0.3) is 0 Å². The Bertz CT molecular complexity index is 1200. The maximum Gasteiger partial charge on any atom is 0.244 e. The van der Waals surface area contributed by atoms with Crippen molar-refractivity contribution in [1.82, 2.24) is 4.31 Å². The molecule has 0 N–H and O–H groups in total. The lowest BCUT2D eigenvalue weighted by molar-refractivity contribution is -0.119. The molecule has 2 saturated heterocycles. The minimum absolute atomic E-state index is 0.0809. The predicted octanol–water partition coefficient (Wildman–Crippen LogP) is 1.82. The minimum atomic E-state index is -3.72. The molecule has 2 heterocycles. The average Bonchev–Trinajstić information content (AvgIpc) is 2.94. The molecule has 0 aromatic heterocycles. The summed E-state index contributed by atoms with van der Waals surface area (Å²) in [5, 5.41) is 0. The molecule has 8 nitrogen and oxygen atoms in total. The number of rotatable bonds is 4. The van der Waals surface area contributed by atoms with Crippen LogP contribution in [0.4, 0.5) is 11.4 Å². The van der Waals surface area contributed by atoms with Crippen LogP contribution in [0.5, 0.6) is 0 Å². The molecule has 0 spiro atoms. The molecule has 31 heavy (non-hydrogen) atoms. The summed E-state index contributed by atoms with van der Waals surface area (Å²) >= 11 is 0. The normalized spacial score (nSPS) is 22.1. The summed E-state index contributed by atoms with van der Waals surface area (Å²) in [7, 11) is -7.44. The number of nitrogens with zero attached hydrogens (tertiary/aromatic N) is 3. The van der Waals surface area contributed by atoms with E-state index in [2.05, 4.69) is 11.0 Å². The lowest BCUT2D eigenvalue weighted by Crippen LogP contribution is -2.48. The second-order valence-electron chi connectivity index (χ2n) is 8.01. The highest BCUT2D eigenvalue weighted by atomic mass is 32.2. The van der Waals surface area contributed by atoms with E-state index < -0.39 is 31.9 Å². The first kappa shape index (κ1) is 21.8. The number of piperazine rings is 1. The van der Waals surface area contributed by atoms with Crippen LogP contribution in [0.15, 0.2) is 53.4 Å².